The first-order valence-corrected chi connectivity index (χ1v) is 13.1. The highest BCUT2D eigenvalue weighted by Crippen LogP contribution is 2.42. The minimum absolute atomic E-state index is 0.114. The number of benzene rings is 3. The van der Waals surface area contributed by atoms with Crippen molar-refractivity contribution >= 4 is 23.0 Å². The Balaban J connectivity index is 1.40. The molecule has 1 saturated heterocycles. The zero-order chi connectivity index (χ0) is 26.1. The standard InChI is InChI=1S/C32H28N4OS/c1-22-12-14-24(15-13-22)35-21-7-10-28(35)31-30(27-9-5-6-20-33-27)34-32(38)36(31)25-16-18-26(19-17-25)37-29-11-4-3-8-23(29)2/h3-21,30-31H,1-2H3,(H,34,38)/t30-,31-/m0/s1. The van der Waals surface area contributed by atoms with E-state index in [0.29, 0.717) is 5.11 Å². The van der Waals surface area contributed by atoms with Gasteiger partial charge in [-0.2, -0.15) is 0 Å². The maximum Gasteiger partial charge on any atom is 0.174 e. The first kappa shape index (κ1) is 23.9. The first-order chi connectivity index (χ1) is 18.6. The number of thiocarbonyl (C=S) groups is 1. The van der Waals surface area contributed by atoms with Crippen molar-refractivity contribution in [2.75, 3.05) is 4.90 Å². The van der Waals surface area contributed by atoms with Gasteiger partial charge < -0.3 is 19.5 Å². The Labute approximate surface area is 228 Å². The third-order valence-corrected chi connectivity index (χ3v) is 7.24. The highest BCUT2D eigenvalue weighted by molar-refractivity contribution is 7.80. The minimum atomic E-state index is -0.120. The highest BCUT2D eigenvalue weighted by Gasteiger charge is 2.42. The monoisotopic (exact) mass is 516 g/mol. The summed E-state index contributed by atoms with van der Waals surface area (Å²) < 4.78 is 8.38. The number of nitrogens with zero attached hydrogens (tertiary/aromatic N) is 3. The molecule has 1 aliphatic heterocycles. The van der Waals surface area contributed by atoms with Crippen LogP contribution in [0.1, 0.15) is 34.6 Å². The summed E-state index contributed by atoms with van der Waals surface area (Å²) in [4.78, 5) is 6.88. The molecular formula is C32H28N4OS. The lowest BCUT2D eigenvalue weighted by atomic mass is 10.0. The van der Waals surface area contributed by atoms with Crippen LogP contribution in [0.4, 0.5) is 5.69 Å². The average Bonchev–Trinajstić information content (AvgIpc) is 3.56. The van der Waals surface area contributed by atoms with Crippen molar-refractivity contribution < 1.29 is 4.74 Å². The van der Waals surface area contributed by atoms with E-state index >= 15 is 0 Å². The molecule has 6 heteroatoms. The van der Waals surface area contributed by atoms with Gasteiger partial charge in [0.2, 0.25) is 0 Å². The number of aromatic nitrogens is 2. The maximum absolute atomic E-state index is 6.15. The molecule has 6 rings (SSSR count). The van der Waals surface area contributed by atoms with E-state index in [9.17, 15) is 0 Å². The van der Waals surface area contributed by atoms with Gasteiger partial charge in [-0.3, -0.25) is 4.98 Å². The Kier molecular flexibility index (Phi) is 6.40. The fourth-order valence-corrected chi connectivity index (χ4v) is 5.33. The van der Waals surface area contributed by atoms with E-state index in [2.05, 4.69) is 87.5 Å². The van der Waals surface area contributed by atoms with Crippen LogP contribution in [0.3, 0.4) is 0 Å². The van der Waals surface area contributed by atoms with E-state index < -0.39 is 0 Å². The number of aryl methyl sites for hydroxylation is 2. The third-order valence-electron chi connectivity index (χ3n) is 6.93. The maximum atomic E-state index is 6.15. The minimum Gasteiger partial charge on any atom is -0.457 e. The smallest absolute Gasteiger partial charge is 0.174 e. The predicted octanol–water partition coefficient (Wildman–Crippen LogP) is 7.46. The number of pyridine rings is 1. The summed E-state index contributed by atoms with van der Waals surface area (Å²) in [6.07, 6.45) is 3.94. The molecule has 2 atom stereocenters. The fraction of sp³-hybridized carbons (Fsp3) is 0.125. The summed E-state index contributed by atoms with van der Waals surface area (Å²) >= 11 is 5.93. The highest BCUT2D eigenvalue weighted by atomic mass is 32.1. The van der Waals surface area contributed by atoms with Crippen molar-refractivity contribution in [1.82, 2.24) is 14.9 Å². The van der Waals surface area contributed by atoms with Gasteiger partial charge in [0, 0.05) is 29.5 Å². The van der Waals surface area contributed by atoms with E-state index in [0.717, 1.165) is 39.8 Å². The van der Waals surface area contributed by atoms with Gasteiger partial charge in [0.15, 0.2) is 5.11 Å². The molecule has 5 aromatic rings. The summed E-state index contributed by atoms with van der Waals surface area (Å²) in [6, 6.07) is 34.7. The van der Waals surface area contributed by atoms with E-state index in [1.54, 1.807) is 0 Å². The first-order valence-electron chi connectivity index (χ1n) is 12.7. The SMILES string of the molecule is Cc1ccc(-n2cccc2[C@H]2[C@H](c3ccccn3)NC(=S)N2c2ccc(Oc3ccccc3C)cc2)cc1. The Morgan fingerprint density at radius 3 is 2.26 bits per heavy atom. The van der Waals surface area contributed by atoms with Crippen LogP contribution in [-0.2, 0) is 0 Å². The molecule has 0 amide bonds. The van der Waals surface area contributed by atoms with Crippen LogP contribution in [-0.4, -0.2) is 14.7 Å². The summed E-state index contributed by atoms with van der Waals surface area (Å²) in [5, 5.41) is 4.22. The number of hydrogen-bond donors (Lipinski definition) is 1. The Hall–Kier alpha value is -4.42. The van der Waals surface area contributed by atoms with Gasteiger partial charge >= 0.3 is 0 Å². The van der Waals surface area contributed by atoms with Crippen molar-refractivity contribution in [2.45, 2.75) is 25.9 Å². The van der Waals surface area contributed by atoms with Crippen LogP contribution in [0, 0.1) is 13.8 Å². The van der Waals surface area contributed by atoms with Crippen LogP contribution in [0.5, 0.6) is 11.5 Å². The number of para-hydroxylation sites is 1. The van der Waals surface area contributed by atoms with Crippen LogP contribution >= 0.6 is 12.2 Å². The van der Waals surface area contributed by atoms with Gasteiger partial charge in [-0.05, 0) is 98.4 Å². The van der Waals surface area contributed by atoms with Crippen LogP contribution in [0.15, 0.2) is 116 Å². The molecule has 0 radical (unpaired) electrons. The molecule has 3 heterocycles. The van der Waals surface area contributed by atoms with Crippen molar-refractivity contribution in [3.05, 3.63) is 138 Å². The Bertz CT molecular complexity index is 1560. The van der Waals surface area contributed by atoms with Gasteiger partial charge in [-0.25, -0.2) is 0 Å². The number of nitrogens with one attached hydrogen (secondary N) is 1. The Morgan fingerprint density at radius 1 is 0.789 bits per heavy atom. The molecule has 1 aliphatic rings. The Morgan fingerprint density at radius 2 is 1.53 bits per heavy atom. The molecule has 1 N–H and O–H groups in total. The zero-order valence-electron chi connectivity index (χ0n) is 21.3. The molecular weight excluding hydrogens is 488 g/mol. The summed E-state index contributed by atoms with van der Waals surface area (Å²) in [6.45, 7) is 4.15. The van der Waals surface area contributed by atoms with E-state index in [-0.39, 0.29) is 12.1 Å². The van der Waals surface area contributed by atoms with Gasteiger partial charge in [0.25, 0.3) is 0 Å². The molecule has 0 unspecified atom stereocenters. The molecule has 0 bridgehead atoms. The van der Waals surface area contributed by atoms with E-state index in [4.69, 9.17) is 17.0 Å². The van der Waals surface area contributed by atoms with Crippen molar-refractivity contribution in [3.63, 3.8) is 0 Å². The van der Waals surface area contributed by atoms with E-state index in [1.807, 2.05) is 61.7 Å². The van der Waals surface area contributed by atoms with Gasteiger partial charge in [0.05, 0.1) is 11.7 Å². The average molecular weight is 517 g/mol. The summed E-state index contributed by atoms with van der Waals surface area (Å²) in [5.74, 6) is 1.63. The largest absolute Gasteiger partial charge is 0.457 e. The normalized spacial score (nSPS) is 16.9. The zero-order valence-corrected chi connectivity index (χ0v) is 22.1. The summed E-state index contributed by atoms with van der Waals surface area (Å²) in [5.41, 5.74) is 6.48. The number of anilines is 1. The van der Waals surface area contributed by atoms with Crippen molar-refractivity contribution in [1.29, 1.82) is 0 Å². The van der Waals surface area contributed by atoms with Gasteiger partial charge in [0.1, 0.15) is 17.5 Å². The molecule has 0 aliphatic carbocycles. The molecule has 0 spiro atoms. The predicted molar refractivity (Wildman–Crippen MR) is 156 cm³/mol. The second-order valence-corrected chi connectivity index (χ2v) is 9.88. The fourth-order valence-electron chi connectivity index (χ4n) is 4.98. The number of ether oxygens (including phenoxy) is 1. The van der Waals surface area contributed by atoms with Crippen molar-refractivity contribution in [3.8, 4) is 17.2 Å². The van der Waals surface area contributed by atoms with Crippen LogP contribution in [0.2, 0.25) is 0 Å². The molecule has 38 heavy (non-hydrogen) atoms. The quantitative estimate of drug-likeness (QED) is 0.237. The van der Waals surface area contributed by atoms with Crippen LogP contribution < -0.4 is 15.0 Å². The van der Waals surface area contributed by atoms with Gasteiger partial charge in [-0.15, -0.1) is 0 Å². The van der Waals surface area contributed by atoms with Gasteiger partial charge in [-0.1, -0.05) is 42.0 Å². The topological polar surface area (TPSA) is 42.3 Å². The van der Waals surface area contributed by atoms with Crippen molar-refractivity contribution in [2.24, 2.45) is 0 Å². The second kappa shape index (κ2) is 10.1. The summed E-state index contributed by atoms with van der Waals surface area (Å²) in [7, 11) is 0. The number of rotatable bonds is 6. The molecule has 1 fully saturated rings. The molecule has 0 saturated carbocycles. The molecule has 3 aromatic carbocycles. The van der Waals surface area contributed by atoms with E-state index in [1.165, 1.54) is 5.56 Å². The lowest BCUT2D eigenvalue weighted by molar-refractivity contribution is 0.479. The third kappa shape index (κ3) is 4.55. The molecule has 5 nitrogen and oxygen atoms in total. The molecule has 188 valence electrons. The lowest BCUT2D eigenvalue weighted by Gasteiger charge is -2.29. The molecule has 2 aromatic heterocycles. The lowest BCUT2D eigenvalue weighted by Crippen LogP contribution is -2.30. The second-order valence-electron chi connectivity index (χ2n) is 9.50. The van der Waals surface area contributed by atoms with Crippen LogP contribution in [0.25, 0.3) is 5.69 Å². The number of hydrogen-bond acceptors (Lipinski definition) is 3.